The summed E-state index contributed by atoms with van der Waals surface area (Å²) in [5.74, 6) is 0.662. The number of hydrogen-bond donors (Lipinski definition) is 0. The average Bonchev–Trinajstić information content (AvgIpc) is 2.78. The van der Waals surface area contributed by atoms with E-state index in [9.17, 15) is 0 Å². The Bertz CT molecular complexity index is 1020. The molecular formula is C31H44. The largest absolute Gasteiger partial charge is 0.0776 e. The van der Waals surface area contributed by atoms with Gasteiger partial charge in [-0.05, 0) is 76.9 Å². The van der Waals surface area contributed by atoms with Crippen molar-refractivity contribution in [2.45, 2.75) is 75.7 Å². The molecule has 0 aromatic heterocycles. The minimum absolute atomic E-state index is 0. The molecule has 4 aromatic rings. The molecule has 0 fully saturated rings. The molecule has 168 valence electrons. The predicted octanol–water partition coefficient (Wildman–Crippen LogP) is 10.4. The van der Waals surface area contributed by atoms with Gasteiger partial charge in [0.05, 0.1) is 0 Å². The molecule has 0 amide bonds. The van der Waals surface area contributed by atoms with E-state index >= 15 is 0 Å². The molecule has 1 atom stereocenters. The number of hydrogen-bond acceptors (Lipinski definition) is 0. The van der Waals surface area contributed by atoms with Crippen molar-refractivity contribution in [3.8, 4) is 0 Å². The molecule has 4 aromatic carbocycles. The van der Waals surface area contributed by atoms with Crippen molar-refractivity contribution in [2.75, 3.05) is 0 Å². The Labute approximate surface area is 192 Å². The first-order valence-corrected chi connectivity index (χ1v) is 11.0. The molecule has 0 bridgehead atoms. The van der Waals surface area contributed by atoms with Gasteiger partial charge in [-0.15, -0.1) is 0 Å². The van der Waals surface area contributed by atoms with Crippen LogP contribution in [0.5, 0.6) is 0 Å². The molecule has 0 radical (unpaired) electrons. The van der Waals surface area contributed by atoms with Gasteiger partial charge in [0.2, 0.25) is 0 Å². The van der Waals surface area contributed by atoms with Crippen molar-refractivity contribution >= 4 is 21.5 Å². The van der Waals surface area contributed by atoms with Gasteiger partial charge in [-0.25, -0.2) is 0 Å². The summed E-state index contributed by atoms with van der Waals surface area (Å²) in [7, 11) is 0. The van der Waals surface area contributed by atoms with Crippen LogP contribution in [0.25, 0.3) is 21.5 Å². The number of aryl methyl sites for hydroxylation is 3. The highest BCUT2D eigenvalue weighted by Crippen LogP contribution is 2.25. The van der Waals surface area contributed by atoms with Crippen molar-refractivity contribution < 1.29 is 0 Å². The molecule has 0 heterocycles. The molecule has 0 aliphatic carbocycles. The Morgan fingerprint density at radius 1 is 0.613 bits per heavy atom. The maximum atomic E-state index is 2.33. The van der Waals surface area contributed by atoms with Crippen LogP contribution in [-0.4, -0.2) is 0 Å². The van der Waals surface area contributed by atoms with Gasteiger partial charge in [0.25, 0.3) is 0 Å². The smallest absolute Gasteiger partial charge is 0.0152 e. The quantitative estimate of drug-likeness (QED) is 0.305. The van der Waals surface area contributed by atoms with Crippen LogP contribution in [0, 0.1) is 20.8 Å². The van der Waals surface area contributed by atoms with Crippen molar-refractivity contribution in [1.82, 2.24) is 0 Å². The summed E-state index contributed by atoms with van der Waals surface area (Å²) in [6.45, 7) is 15.0. The van der Waals surface area contributed by atoms with Crippen LogP contribution in [0.2, 0.25) is 0 Å². The number of fused-ring (bicyclic) bond motifs is 2. The summed E-state index contributed by atoms with van der Waals surface area (Å²) in [6, 6.07) is 26.3. The Balaban J connectivity index is 0.000000516. The van der Waals surface area contributed by atoms with Crippen LogP contribution in [0.15, 0.2) is 72.8 Å². The Kier molecular flexibility index (Phi) is 12.5. The van der Waals surface area contributed by atoms with E-state index in [1.165, 1.54) is 50.2 Å². The fraction of sp³-hybridized carbons (Fsp3) is 0.355. The van der Waals surface area contributed by atoms with Gasteiger partial charge in [-0.1, -0.05) is 115 Å². The minimum atomic E-state index is 0. The van der Waals surface area contributed by atoms with Gasteiger partial charge in [-0.3, -0.25) is 0 Å². The molecule has 0 N–H and O–H groups in total. The second-order valence-electron chi connectivity index (χ2n) is 7.61. The van der Waals surface area contributed by atoms with Gasteiger partial charge in [0.1, 0.15) is 0 Å². The molecule has 0 heteroatoms. The first kappa shape index (κ1) is 28.4. The Morgan fingerprint density at radius 3 is 1.65 bits per heavy atom. The van der Waals surface area contributed by atoms with Gasteiger partial charge in [-0.2, -0.15) is 0 Å². The van der Waals surface area contributed by atoms with Crippen LogP contribution in [0.3, 0.4) is 0 Å². The number of benzene rings is 4. The first-order chi connectivity index (χ1) is 14.0. The van der Waals surface area contributed by atoms with E-state index in [0.29, 0.717) is 5.92 Å². The molecule has 0 saturated carbocycles. The van der Waals surface area contributed by atoms with Gasteiger partial charge < -0.3 is 0 Å². The topological polar surface area (TPSA) is 0 Å². The molecule has 0 saturated heterocycles. The summed E-state index contributed by atoms with van der Waals surface area (Å²) in [6.07, 6.45) is 1.21. The van der Waals surface area contributed by atoms with Crippen LogP contribution in [-0.2, 0) is 0 Å². The third kappa shape index (κ3) is 6.96. The van der Waals surface area contributed by atoms with Gasteiger partial charge in [0, 0.05) is 0 Å². The molecule has 0 spiro atoms. The van der Waals surface area contributed by atoms with E-state index in [0.717, 1.165) is 0 Å². The molecule has 0 aliphatic rings. The third-order valence-electron chi connectivity index (χ3n) is 5.66. The summed E-state index contributed by atoms with van der Waals surface area (Å²) in [5.41, 5.74) is 5.53. The number of rotatable bonds is 2. The van der Waals surface area contributed by atoms with E-state index in [-0.39, 0.29) is 14.9 Å². The molecule has 1 unspecified atom stereocenters. The van der Waals surface area contributed by atoms with E-state index in [1.54, 1.807) is 0 Å². The van der Waals surface area contributed by atoms with Crippen molar-refractivity contribution in [2.24, 2.45) is 0 Å². The predicted molar refractivity (Wildman–Crippen MR) is 146 cm³/mol. The highest BCUT2D eigenvalue weighted by molar-refractivity contribution is 5.88. The van der Waals surface area contributed by atoms with Gasteiger partial charge in [0.15, 0.2) is 0 Å². The second kappa shape index (κ2) is 13.7. The van der Waals surface area contributed by atoms with E-state index < -0.39 is 0 Å². The molecule has 0 aliphatic heterocycles. The van der Waals surface area contributed by atoms with E-state index in [4.69, 9.17) is 0 Å². The second-order valence-corrected chi connectivity index (χ2v) is 7.61. The normalized spacial score (nSPS) is 10.5. The molecule has 4 rings (SSSR count). The maximum Gasteiger partial charge on any atom is -0.0152 e. The lowest BCUT2D eigenvalue weighted by molar-refractivity contribution is 0.735. The zero-order valence-corrected chi connectivity index (χ0v) is 19.2. The molecule has 0 nitrogen and oxygen atoms in total. The van der Waals surface area contributed by atoms with Crippen LogP contribution in [0.1, 0.15) is 77.1 Å². The SMILES string of the molecule is C.C.CC.CCC(C)c1ccc2c(C)cccc2c1.Cc1ccc(C)c2ccccc12. The highest BCUT2D eigenvalue weighted by Gasteiger charge is 2.04. The van der Waals surface area contributed by atoms with Crippen molar-refractivity contribution in [1.29, 1.82) is 0 Å². The lowest BCUT2D eigenvalue weighted by Gasteiger charge is -2.10. The van der Waals surface area contributed by atoms with E-state index in [2.05, 4.69) is 107 Å². The zero-order chi connectivity index (χ0) is 21.4. The highest BCUT2D eigenvalue weighted by atomic mass is 14.1. The third-order valence-corrected chi connectivity index (χ3v) is 5.66. The lowest BCUT2D eigenvalue weighted by Crippen LogP contribution is -1.91. The van der Waals surface area contributed by atoms with E-state index in [1.807, 2.05) is 13.8 Å². The fourth-order valence-electron chi connectivity index (χ4n) is 3.61. The zero-order valence-electron chi connectivity index (χ0n) is 19.2. The Hall–Kier alpha value is -2.60. The Morgan fingerprint density at radius 2 is 1.13 bits per heavy atom. The summed E-state index contributed by atoms with van der Waals surface area (Å²) in [5, 5.41) is 5.49. The lowest BCUT2D eigenvalue weighted by atomic mass is 9.95. The van der Waals surface area contributed by atoms with Crippen molar-refractivity contribution in [3.63, 3.8) is 0 Å². The minimum Gasteiger partial charge on any atom is -0.0776 e. The van der Waals surface area contributed by atoms with Gasteiger partial charge >= 0.3 is 0 Å². The summed E-state index contributed by atoms with van der Waals surface area (Å²) < 4.78 is 0. The summed E-state index contributed by atoms with van der Waals surface area (Å²) in [4.78, 5) is 0. The standard InChI is InChI=1S/C15H18.C12H12.C2H6.2CH4/c1-4-11(2)13-8-9-15-12(3)6-5-7-14(15)10-13;1-9-7-8-10(2)12-6-4-3-5-11(9)12;1-2;;/h5-11H,4H2,1-3H3;3-8H,1-2H3;1-2H3;2*1H4. The molecule has 31 heavy (non-hydrogen) atoms. The monoisotopic (exact) mass is 416 g/mol. The first-order valence-electron chi connectivity index (χ1n) is 11.0. The fourth-order valence-corrected chi connectivity index (χ4v) is 3.61. The summed E-state index contributed by atoms with van der Waals surface area (Å²) >= 11 is 0. The van der Waals surface area contributed by atoms with Crippen molar-refractivity contribution in [3.05, 3.63) is 95.1 Å². The maximum absolute atomic E-state index is 2.33. The van der Waals surface area contributed by atoms with Crippen LogP contribution in [0.4, 0.5) is 0 Å². The molecular weight excluding hydrogens is 372 g/mol. The van der Waals surface area contributed by atoms with Crippen LogP contribution >= 0.6 is 0 Å². The van der Waals surface area contributed by atoms with Crippen LogP contribution < -0.4 is 0 Å². The average molecular weight is 417 g/mol.